The van der Waals surface area contributed by atoms with Crippen molar-refractivity contribution in [2.75, 3.05) is 39.3 Å². The fraction of sp³-hybridized carbons (Fsp3) is 0.625. The Hall–Kier alpha value is -1.65. The molecule has 0 spiro atoms. The molecule has 2 saturated heterocycles. The maximum absolute atomic E-state index is 12.6. The normalized spacial score (nSPS) is 37.1. The topological polar surface area (TPSA) is 35.6 Å². The third-order valence-corrected chi connectivity index (χ3v) is 7.65. The first-order chi connectivity index (χ1) is 13.7. The number of carbonyl (C=O) groups excluding carboxylic acids is 1. The van der Waals surface area contributed by atoms with Crippen molar-refractivity contribution >= 4 is 5.91 Å². The summed E-state index contributed by atoms with van der Waals surface area (Å²) in [5.41, 5.74) is 2.06. The lowest BCUT2D eigenvalue weighted by molar-refractivity contribution is -0.133. The minimum Gasteiger partial charge on any atom is -0.340 e. The largest absolute Gasteiger partial charge is 0.340 e. The maximum atomic E-state index is 12.6. The molecule has 1 saturated carbocycles. The smallest absolute Gasteiger partial charge is 0.222 e. The molecule has 5 rings (SSSR count). The van der Waals surface area contributed by atoms with Crippen molar-refractivity contribution in [3.8, 4) is 0 Å². The molecule has 4 unspecified atom stereocenters. The number of amides is 1. The van der Waals surface area contributed by atoms with Crippen LogP contribution in [0.3, 0.4) is 0 Å². The van der Waals surface area contributed by atoms with Crippen LogP contribution in [-0.4, -0.2) is 61.0 Å². The van der Waals surface area contributed by atoms with E-state index in [2.05, 4.69) is 57.6 Å². The summed E-state index contributed by atoms with van der Waals surface area (Å²) in [4.78, 5) is 17.2. The maximum Gasteiger partial charge on any atom is 0.222 e. The van der Waals surface area contributed by atoms with Gasteiger partial charge in [-0.2, -0.15) is 0 Å². The molecule has 0 aromatic rings. The minimum atomic E-state index is 0.344. The molecular weight excluding hydrogens is 346 g/mol. The second-order valence-corrected chi connectivity index (χ2v) is 9.27. The van der Waals surface area contributed by atoms with E-state index in [1.807, 2.05) is 0 Å². The zero-order chi connectivity index (χ0) is 19.0. The number of hydrogen-bond acceptors (Lipinski definition) is 3. The lowest BCUT2D eigenvalue weighted by atomic mass is 9.88. The zero-order valence-electron chi connectivity index (χ0n) is 16.9. The average molecular weight is 380 g/mol. The monoisotopic (exact) mass is 379 g/mol. The van der Waals surface area contributed by atoms with Gasteiger partial charge in [0.05, 0.1) is 0 Å². The molecule has 1 N–H and O–H groups in total. The first kappa shape index (κ1) is 18.4. The predicted molar refractivity (Wildman–Crippen MR) is 113 cm³/mol. The second kappa shape index (κ2) is 7.64. The highest BCUT2D eigenvalue weighted by atomic mass is 16.2. The van der Waals surface area contributed by atoms with Crippen molar-refractivity contribution in [2.24, 2.45) is 17.3 Å². The van der Waals surface area contributed by atoms with Gasteiger partial charge >= 0.3 is 0 Å². The van der Waals surface area contributed by atoms with E-state index < -0.39 is 0 Å². The van der Waals surface area contributed by atoms with Gasteiger partial charge in [-0.05, 0) is 49.6 Å². The number of carbonyl (C=O) groups is 1. The Morgan fingerprint density at radius 2 is 2.04 bits per heavy atom. The van der Waals surface area contributed by atoms with Gasteiger partial charge in [0.15, 0.2) is 0 Å². The van der Waals surface area contributed by atoms with Crippen LogP contribution in [-0.2, 0) is 4.79 Å². The number of fused-ring (bicyclic) bond motifs is 1. The van der Waals surface area contributed by atoms with Gasteiger partial charge in [0.25, 0.3) is 0 Å². The predicted octanol–water partition coefficient (Wildman–Crippen LogP) is 2.91. The Kier molecular flexibility index (Phi) is 5.02. The van der Waals surface area contributed by atoms with Crippen LogP contribution in [0.25, 0.3) is 0 Å². The summed E-state index contributed by atoms with van der Waals surface area (Å²) in [6.45, 7) is 6.16. The van der Waals surface area contributed by atoms with Crippen molar-refractivity contribution in [3.05, 3.63) is 48.1 Å². The lowest BCUT2D eigenvalue weighted by Crippen LogP contribution is -2.51. The van der Waals surface area contributed by atoms with Crippen molar-refractivity contribution in [3.63, 3.8) is 0 Å². The molecule has 150 valence electrons. The van der Waals surface area contributed by atoms with Gasteiger partial charge in [0.1, 0.15) is 0 Å². The van der Waals surface area contributed by atoms with Crippen LogP contribution < -0.4 is 5.32 Å². The van der Waals surface area contributed by atoms with Crippen LogP contribution in [0.15, 0.2) is 48.1 Å². The van der Waals surface area contributed by atoms with Crippen LogP contribution in [0, 0.1) is 17.3 Å². The second-order valence-electron chi connectivity index (χ2n) is 9.27. The van der Waals surface area contributed by atoms with E-state index in [-0.39, 0.29) is 0 Å². The van der Waals surface area contributed by atoms with Gasteiger partial charge in [-0.25, -0.2) is 0 Å². The Bertz CT molecular complexity index is 728. The Labute approximate surface area is 169 Å². The number of piperidine rings is 1. The summed E-state index contributed by atoms with van der Waals surface area (Å²) in [6.07, 6.45) is 21.3. The van der Waals surface area contributed by atoms with Gasteiger partial charge in [0.2, 0.25) is 5.91 Å². The standard InChI is InChI=1S/C24H33N3O/c28-23(11-6-19-4-2-1-3-5-19)27-14-12-26(13-15-27)22-9-7-20(8-10-22)24-16-21(24)17-25-18-24/h1-4,7-9,19,21-22,25H,5-6,10-18H2. The summed E-state index contributed by atoms with van der Waals surface area (Å²) in [5.74, 6) is 1.77. The van der Waals surface area contributed by atoms with Crippen molar-refractivity contribution in [1.29, 1.82) is 0 Å². The van der Waals surface area contributed by atoms with Crippen LogP contribution in [0.2, 0.25) is 0 Å². The van der Waals surface area contributed by atoms with Gasteiger partial charge in [-0.3, -0.25) is 9.69 Å². The fourth-order valence-electron chi connectivity index (χ4n) is 5.65. The van der Waals surface area contributed by atoms with E-state index in [9.17, 15) is 4.79 Å². The third-order valence-electron chi connectivity index (χ3n) is 7.65. The molecule has 2 aliphatic heterocycles. The zero-order valence-corrected chi connectivity index (χ0v) is 16.9. The van der Waals surface area contributed by atoms with E-state index in [1.54, 1.807) is 5.57 Å². The summed E-state index contributed by atoms with van der Waals surface area (Å²) in [7, 11) is 0. The molecule has 4 nitrogen and oxygen atoms in total. The third kappa shape index (κ3) is 3.53. The molecule has 1 amide bonds. The van der Waals surface area contributed by atoms with Crippen LogP contribution in [0.1, 0.15) is 32.1 Å². The van der Waals surface area contributed by atoms with Crippen LogP contribution in [0.5, 0.6) is 0 Å². The molecule has 0 radical (unpaired) electrons. The first-order valence-electron chi connectivity index (χ1n) is 11.2. The summed E-state index contributed by atoms with van der Waals surface area (Å²) >= 11 is 0. The van der Waals surface area contributed by atoms with Crippen LogP contribution >= 0.6 is 0 Å². The van der Waals surface area contributed by atoms with Gasteiger partial charge in [0, 0.05) is 50.6 Å². The molecule has 28 heavy (non-hydrogen) atoms. The Morgan fingerprint density at radius 3 is 2.68 bits per heavy atom. The van der Waals surface area contributed by atoms with Gasteiger partial charge < -0.3 is 10.2 Å². The molecule has 0 bridgehead atoms. The highest BCUT2D eigenvalue weighted by Gasteiger charge is 2.58. The molecular formula is C24H33N3O. The molecule has 2 heterocycles. The SMILES string of the molecule is O=C(CCC1C=CC=CC1)N1CCN(C2C=CC(C34CNCC3C4)=CC2)CC1. The number of nitrogens with zero attached hydrogens (tertiary/aromatic N) is 2. The van der Waals surface area contributed by atoms with Crippen LogP contribution in [0.4, 0.5) is 0 Å². The summed E-state index contributed by atoms with van der Waals surface area (Å²) in [5, 5.41) is 3.55. The van der Waals surface area contributed by atoms with E-state index in [0.717, 1.165) is 51.4 Å². The molecule has 4 heteroatoms. The van der Waals surface area contributed by atoms with Gasteiger partial charge in [-0.1, -0.05) is 42.5 Å². The molecule has 0 aromatic carbocycles. The molecule has 5 aliphatic rings. The fourth-order valence-corrected chi connectivity index (χ4v) is 5.65. The van der Waals surface area contributed by atoms with Crippen molar-refractivity contribution in [1.82, 2.24) is 15.1 Å². The van der Waals surface area contributed by atoms with E-state index in [1.165, 1.54) is 19.5 Å². The molecule has 3 aliphatic carbocycles. The quantitative estimate of drug-likeness (QED) is 0.798. The summed E-state index contributed by atoms with van der Waals surface area (Å²) < 4.78 is 0. The molecule has 0 aromatic heterocycles. The lowest BCUT2D eigenvalue weighted by Gasteiger charge is -2.39. The molecule has 4 atom stereocenters. The Balaban J connectivity index is 1.07. The highest BCUT2D eigenvalue weighted by molar-refractivity contribution is 5.76. The Morgan fingerprint density at radius 1 is 1.14 bits per heavy atom. The number of piperazine rings is 1. The highest BCUT2D eigenvalue weighted by Crippen LogP contribution is 2.60. The molecule has 3 fully saturated rings. The number of allylic oxidation sites excluding steroid dienone is 5. The number of hydrogen-bond donors (Lipinski definition) is 1. The number of rotatable bonds is 5. The number of nitrogens with one attached hydrogen (secondary N) is 1. The van der Waals surface area contributed by atoms with E-state index in [4.69, 9.17) is 0 Å². The van der Waals surface area contributed by atoms with Gasteiger partial charge in [-0.15, -0.1) is 0 Å². The first-order valence-corrected chi connectivity index (χ1v) is 11.2. The average Bonchev–Trinajstić information content (AvgIpc) is 3.33. The van der Waals surface area contributed by atoms with E-state index >= 15 is 0 Å². The minimum absolute atomic E-state index is 0.344. The van der Waals surface area contributed by atoms with Crippen molar-refractivity contribution in [2.45, 2.75) is 38.1 Å². The summed E-state index contributed by atoms with van der Waals surface area (Å²) in [6, 6.07) is 0.517. The van der Waals surface area contributed by atoms with Crippen molar-refractivity contribution < 1.29 is 4.79 Å². The van der Waals surface area contributed by atoms with E-state index in [0.29, 0.717) is 29.7 Å².